The Balaban J connectivity index is 0.000000200. The Kier molecular flexibility index (Phi) is 21.1. The minimum absolute atomic E-state index is 0.0315. The topological polar surface area (TPSA) is 373 Å². The van der Waals surface area contributed by atoms with Crippen molar-refractivity contribution < 1.29 is 90.6 Å². The number of alkyl carbamates (subject to hydrolysis) is 2. The first kappa shape index (κ1) is 68.3. The maximum absolute atomic E-state index is 15.2. The molecule has 0 saturated carbocycles. The number of aliphatic carboxylic acids is 1. The van der Waals surface area contributed by atoms with E-state index in [1.165, 1.54) is 34.1 Å². The van der Waals surface area contributed by atoms with E-state index in [0.717, 1.165) is 60.2 Å². The van der Waals surface area contributed by atoms with Crippen molar-refractivity contribution in [3.63, 3.8) is 0 Å². The number of carboxylic acid groups (broad SMARTS) is 1. The van der Waals surface area contributed by atoms with Gasteiger partial charge < -0.3 is 54.7 Å². The molecule has 4 saturated heterocycles. The Morgan fingerprint density at radius 2 is 0.978 bits per heavy atom. The van der Waals surface area contributed by atoms with Gasteiger partial charge in [0.05, 0.1) is 87.4 Å². The van der Waals surface area contributed by atoms with Crippen LogP contribution in [-0.2, 0) is 28.5 Å². The molecular formula is C60H68F2N12O19. The standard InChI is InChI=1S/C30H33FN6O9.C19H27FN4O4.C11H8N2O6/c1-30(2,3)46-28(41)32-16-20-17-36(29(42)45-20)18-5-7-24(23(31)15-18)33-10-12-34(13-11-33)25(38)8-9-35-26(39)21-6-4-19(37(43)44)14-22(21)27(35)40;1-19(2,3)28-17(25)22-11-14-12-24(18(26)27-14)13-4-5-16(15(20)10-13)23-8-6-21-7-9-23;14-9(15)3-4-12-10(16)7-2-1-6(13(18)19)5-8(7)11(12)17/h4-7,14-15,20H,8-13,16-17H2,1-3H3,(H,32,41);4-5,10,14,21H,6-9,11-12H2,1-3H3,(H,22,25);1-2,5H,3-4H2,(H,14,15)/t20-;14-;/m00./s1. The van der Waals surface area contributed by atoms with E-state index in [4.69, 9.17) is 24.1 Å². The molecule has 93 heavy (non-hydrogen) atoms. The fourth-order valence-corrected chi connectivity index (χ4v) is 10.4. The van der Waals surface area contributed by atoms with Crippen molar-refractivity contribution in [2.75, 3.05) is 111 Å². The average molecular weight is 1300 g/mol. The molecule has 4 fully saturated rings. The maximum atomic E-state index is 15.2. The van der Waals surface area contributed by atoms with E-state index in [1.807, 2.05) is 4.90 Å². The number of carboxylic acids is 1. The Hall–Kier alpha value is -10.6. The number of anilines is 4. The summed E-state index contributed by atoms with van der Waals surface area (Å²) < 4.78 is 50.8. The lowest BCUT2D eigenvalue weighted by molar-refractivity contribution is -0.385. The minimum atomic E-state index is -1.14. The molecule has 6 aliphatic heterocycles. The highest BCUT2D eigenvalue weighted by molar-refractivity contribution is 6.22. The van der Waals surface area contributed by atoms with Gasteiger partial charge in [-0.3, -0.25) is 68.6 Å². The monoisotopic (exact) mass is 1300 g/mol. The highest BCUT2D eigenvalue weighted by Crippen LogP contribution is 2.32. The second-order valence-electron chi connectivity index (χ2n) is 23.8. The van der Waals surface area contributed by atoms with Crippen molar-refractivity contribution >= 4 is 94.0 Å². The van der Waals surface area contributed by atoms with Gasteiger partial charge in [-0.05, 0) is 90.1 Å². The van der Waals surface area contributed by atoms with Gasteiger partial charge in [-0.2, -0.15) is 0 Å². The highest BCUT2D eigenvalue weighted by Gasteiger charge is 2.40. The first-order chi connectivity index (χ1) is 43.9. The van der Waals surface area contributed by atoms with Crippen molar-refractivity contribution in [2.24, 2.45) is 0 Å². The van der Waals surface area contributed by atoms with Crippen LogP contribution in [0.2, 0.25) is 0 Å². The van der Waals surface area contributed by atoms with Crippen LogP contribution in [-0.4, -0.2) is 205 Å². The molecular weight excluding hydrogens is 1230 g/mol. The first-order valence-electron chi connectivity index (χ1n) is 29.3. The number of hydrogen-bond donors (Lipinski definition) is 4. The van der Waals surface area contributed by atoms with E-state index in [-0.39, 0.29) is 111 Å². The molecule has 0 bridgehead atoms. The number of carbonyl (C=O) groups excluding carboxylic acids is 9. The second-order valence-corrected chi connectivity index (χ2v) is 23.8. The van der Waals surface area contributed by atoms with Crippen molar-refractivity contribution in [2.45, 2.75) is 77.8 Å². The van der Waals surface area contributed by atoms with Crippen LogP contribution in [0.3, 0.4) is 0 Å². The summed E-state index contributed by atoms with van der Waals surface area (Å²) in [5, 5.41) is 38.6. The van der Waals surface area contributed by atoms with Crippen molar-refractivity contribution in [3.05, 3.63) is 127 Å². The van der Waals surface area contributed by atoms with E-state index >= 15 is 4.39 Å². The van der Waals surface area contributed by atoms with Crippen LogP contribution >= 0.6 is 0 Å². The largest absolute Gasteiger partial charge is 0.481 e. The summed E-state index contributed by atoms with van der Waals surface area (Å²) in [6.45, 7) is 14.8. The summed E-state index contributed by atoms with van der Waals surface area (Å²) >= 11 is 0. The van der Waals surface area contributed by atoms with E-state index in [2.05, 4.69) is 16.0 Å². The quantitative estimate of drug-likeness (QED) is 0.0454. The Labute approximate surface area is 529 Å². The highest BCUT2D eigenvalue weighted by atomic mass is 19.1. The zero-order chi connectivity index (χ0) is 67.8. The number of halogens is 2. The lowest BCUT2D eigenvalue weighted by atomic mass is 10.1. The van der Waals surface area contributed by atoms with Crippen molar-refractivity contribution in [3.8, 4) is 0 Å². The van der Waals surface area contributed by atoms with Crippen molar-refractivity contribution in [1.29, 1.82) is 0 Å². The molecule has 6 heterocycles. The first-order valence-corrected chi connectivity index (χ1v) is 29.3. The van der Waals surface area contributed by atoms with Gasteiger partial charge in [-0.25, -0.2) is 28.0 Å². The zero-order valence-electron chi connectivity index (χ0n) is 51.5. The van der Waals surface area contributed by atoms with Gasteiger partial charge in [0.25, 0.3) is 35.0 Å². The minimum Gasteiger partial charge on any atom is -0.481 e. The van der Waals surface area contributed by atoms with Gasteiger partial charge in [0.1, 0.15) is 35.0 Å². The molecule has 0 unspecified atom stereocenters. The number of nitrogens with one attached hydrogen (secondary N) is 3. The van der Waals surface area contributed by atoms with Gasteiger partial charge in [0.15, 0.2) is 0 Å². The van der Waals surface area contributed by atoms with Crippen LogP contribution in [0.25, 0.3) is 0 Å². The third-order valence-electron chi connectivity index (χ3n) is 14.8. The number of rotatable bonds is 16. The number of amides is 9. The number of benzene rings is 4. The fourth-order valence-electron chi connectivity index (χ4n) is 10.4. The number of nitro benzene ring substituents is 2. The van der Waals surface area contributed by atoms with Gasteiger partial charge >= 0.3 is 30.3 Å². The molecule has 4 aromatic carbocycles. The summed E-state index contributed by atoms with van der Waals surface area (Å²) in [5.74, 6) is -4.99. The average Bonchev–Trinajstić information content (AvgIpc) is 1.66. The molecule has 10 rings (SSSR count). The number of nitrogens with zero attached hydrogens (tertiary/aromatic N) is 9. The zero-order valence-corrected chi connectivity index (χ0v) is 51.5. The Bertz CT molecular complexity index is 3640. The lowest BCUT2D eigenvalue weighted by Crippen LogP contribution is -2.49. The third kappa shape index (κ3) is 17.1. The number of ether oxygens (including phenoxy) is 4. The molecule has 0 aliphatic carbocycles. The molecule has 9 amide bonds. The van der Waals surface area contributed by atoms with E-state index in [9.17, 15) is 72.6 Å². The number of imide groups is 2. The molecule has 4 aromatic rings. The Morgan fingerprint density at radius 3 is 1.37 bits per heavy atom. The van der Waals surface area contributed by atoms with Crippen LogP contribution in [0, 0.1) is 31.9 Å². The van der Waals surface area contributed by atoms with Crippen molar-refractivity contribution in [1.82, 2.24) is 30.7 Å². The summed E-state index contributed by atoms with van der Waals surface area (Å²) in [7, 11) is 0. The van der Waals surface area contributed by atoms with E-state index in [0.29, 0.717) is 35.8 Å². The normalized spacial score (nSPS) is 17.8. The summed E-state index contributed by atoms with van der Waals surface area (Å²) in [6, 6.07) is 15.9. The molecule has 2 atom stereocenters. The number of hydrogen-bond acceptors (Lipinski definition) is 21. The lowest BCUT2D eigenvalue weighted by Gasteiger charge is -2.36. The van der Waals surface area contributed by atoms with Gasteiger partial charge in [-0.1, -0.05) is 0 Å². The number of carbonyl (C=O) groups is 10. The van der Waals surface area contributed by atoms with E-state index < -0.39 is 93.0 Å². The van der Waals surface area contributed by atoms with Crippen LogP contribution in [0.5, 0.6) is 0 Å². The number of piperazine rings is 2. The van der Waals surface area contributed by atoms with E-state index in [1.54, 1.807) is 75.6 Å². The molecule has 0 aromatic heterocycles. The second kappa shape index (κ2) is 28.7. The fraction of sp³-hybridized carbons (Fsp3) is 0.433. The van der Waals surface area contributed by atoms with Crippen LogP contribution < -0.4 is 35.6 Å². The predicted molar refractivity (Wildman–Crippen MR) is 324 cm³/mol. The molecule has 0 radical (unpaired) electrons. The van der Waals surface area contributed by atoms with Crippen LogP contribution in [0.15, 0.2) is 72.8 Å². The molecule has 496 valence electrons. The van der Waals surface area contributed by atoms with Gasteiger partial charge in [0.2, 0.25) is 5.91 Å². The molecule has 33 heteroatoms. The molecule has 31 nitrogen and oxygen atoms in total. The predicted octanol–water partition coefficient (Wildman–Crippen LogP) is 5.67. The van der Waals surface area contributed by atoms with Crippen LogP contribution in [0.4, 0.5) is 62.1 Å². The molecule has 4 N–H and O–H groups in total. The number of cyclic esters (lactones) is 2. The summed E-state index contributed by atoms with van der Waals surface area (Å²) in [4.78, 5) is 151. The van der Waals surface area contributed by atoms with Gasteiger partial charge in [0, 0.05) is 96.1 Å². The van der Waals surface area contributed by atoms with Gasteiger partial charge in [-0.15, -0.1) is 0 Å². The summed E-state index contributed by atoms with van der Waals surface area (Å²) in [6.07, 6.45) is -4.12. The van der Waals surface area contributed by atoms with Crippen LogP contribution in [0.1, 0.15) is 95.8 Å². The number of nitro groups is 2. The third-order valence-corrected chi connectivity index (χ3v) is 14.8. The molecule has 6 aliphatic rings. The SMILES string of the molecule is CC(C)(C)OC(=O)NC[C@H]1CN(c2ccc(N3CCN(C(=O)CCN4C(=O)c5ccc([N+](=O)[O-])cc5C4=O)CC3)c(F)c2)C(=O)O1.CC(C)(C)OC(=O)NC[C@H]1CN(c2ccc(N3CCNCC3)c(F)c2)C(=O)O1.O=C(O)CCN1C(=O)c2ccc([N+](=O)[O-])cc2C1=O. The Morgan fingerprint density at radius 1 is 0.581 bits per heavy atom. The number of non-ortho nitro benzene ring substituents is 2. The smallest absolute Gasteiger partial charge is 0.414 e. The maximum Gasteiger partial charge on any atom is 0.414 e. The molecule has 0 spiro atoms. The summed E-state index contributed by atoms with van der Waals surface area (Å²) in [5.41, 5.74) is -0.344. The number of fused-ring (bicyclic) bond motifs is 2.